The average Bonchev–Trinajstić information content (AvgIpc) is 2.66. The van der Waals surface area contributed by atoms with E-state index in [1.807, 2.05) is 31.2 Å². The zero-order valence-corrected chi connectivity index (χ0v) is 15.1. The molecule has 2 rings (SSSR count). The smallest absolute Gasteiger partial charge is 0.338 e. The molecule has 0 bridgehead atoms. The molecule has 0 aliphatic carbocycles. The predicted octanol–water partition coefficient (Wildman–Crippen LogP) is 2.89. The minimum atomic E-state index is -0.724. The summed E-state index contributed by atoms with van der Waals surface area (Å²) in [5.74, 6) is -0.593. The highest BCUT2D eigenvalue weighted by Gasteiger charge is 2.18. The molecule has 0 fully saturated rings. The van der Waals surface area contributed by atoms with Gasteiger partial charge in [0.25, 0.3) is 11.6 Å². The molecule has 0 heterocycles. The average molecular weight is 372 g/mol. The highest BCUT2D eigenvalue weighted by molar-refractivity contribution is 5.99. The van der Waals surface area contributed by atoms with Crippen molar-refractivity contribution in [2.75, 3.05) is 19.8 Å². The van der Waals surface area contributed by atoms with Crippen LogP contribution in [0.1, 0.15) is 33.2 Å². The van der Waals surface area contributed by atoms with Crippen LogP contribution in [0.15, 0.2) is 42.5 Å². The minimum absolute atomic E-state index is 0.00240. The fraction of sp³-hybridized carbons (Fsp3) is 0.263. The standard InChI is InChI=1S/C19H20N2O6/c1-3-26-19(23)15-10-14(11-16(12-15)21(24)25)18(22)20-8-9-27-17-6-4-13(2)5-7-17/h4-7,10-12H,3,8-9H2,1-2H3,(H,20,22). The normalized spacial score (nSPS) is 10.1. The van der Waals surface area contributed by atoms with Gasteiger partial charge in [0.1, 0.15) is 12.4 Å². The van der Waals surface area contributed by atoms with E-state index < -0.39 is 16.8 Å². The van der Waals surface area contributed by atoms with Crippen molar-refractivity contribution in [3.8, 4) is 5.75 Å². The Balaban J connectivity index is 2.00. The predicted molar refractivity (Wildman–Crippen MR) is 98.1 cm³/mol. The lowest BCUT2D eigenvalue weighted by Crippen LogP contribution is -2.28. The summed E-state index contributed by atoms with van der Waals surface area (Å²) in [6.07, 6.45) is 0. The zero-order valence-electron chi connectivity index (χ0n) is 15.1. The Labute approximate surface area is 156 Å². The van der Waals surface area contributed by atoms with E-state index >= 15 is 0 Å². The van der Waals surface area contributed by atoms with Gasteiger partial charge in [-0.2, -0.15) is 0 Å². The third-order valence-electron chi connectivity index (χ3n) is 3.58. The monoisotopic (exact) mass is 372 g/mol. The first-order valence-electron chi connectivity index (χ1n) is 8.35. The summed E-state index contributed by atoms with van der Waals surface area (Å²) in [6, 6.07) is 10.9. The first kappa shape index (κ1) is 19.9. The molecule has 142 valence electrons. The van der Waals surface area contributed by atoms with Crippen LogP contribution >= 0.6 is 0 Å². The molecule has 2 aromatic carbocycles. The first-order valence-corrected chi connectivity index (χ1v) is 8.35. The minimum Gasteiger partial charge on any atom is -0.492 e. The number of non-ortho nitro benzene ring substituents is 1. The van der Waals surface area contributed by atoms with Crippen LogP contribution in [0.2, 0.25) is 0 Å². The summed E-state index contributed by atoms with van der Waals surface area (Å²) >= 11 is 0. The first-order chi connectivity index (χ1) is 12.9. The van der Waals surface area contributed by atoms with Gasteiger partial charge in [-0.15, -0.1) is 0 Å². The Kier molecular flexibility index (Phi) is 6.87. The molecular weight excluding hydrogens is 352 g/mol. The maximum absolute atomic E-state index is 12.3. The summed E-state index contributed by atoms with van der Waals surface area (Å²) in [5.41, 5.74) is 0.704. The Morgan fingerprint density at radius 3 is 2.41 bits per heavy atom. The van der Waals surface area contributed by atoms with Crippen molar-refractivity contribution in [3.05, 3.63) is 69.3 Å². The number of amides is 1. The molecule has 0 saturated heterocycles. The van der Waals surface area contributed by atoms with Crippen LogP contribution < -0.4 is 10.1 Å². The number of aryl methyl sites for hydroxylation is 1. The Morgan fingerprint density at radius 2 is 1.78 bits per heavy atom. The SMILES string of the molecule is CCOC(=O)c1cc(C(=O)NCCOc2ccc(C)cc2)cc([N+](=O)[O-])c1. The van der Waals surface area contributed by atoms with Crippen molar-refractivity contribution in [1.82, 2.24) is 5.32 Å². The molecule has 0 saturated carbocycles. The lowest BCUT2D eigenvalue weighted by atomic mass is 10.1. The van der Waals surface area contributed by atoms with Crippen LogP contribution in [0.5, 0.6) is 5.75 Å². The highest BCUT2D eigenvalue weighted by atomic mass is 16.6. The molecule has 27 heavy (non-hydrogen) atoms. The molecule has 0 aromatic heterocycles. The van der Waals surface area contributed by atoms with Gasteiger partial charge in [-0.1, -0.05) is 17.7 Å². The molecule has 0 aliphatic rings. The third kappa shape index (κ3) is 5.81. The lowest BCUT2D eigenvalue weighted by molar-refractivity contribution is -0.384. The topological polar surface area (TPSA) is 108 Å². The van der Waals surface area contributed by atoms with Crippen molar-refractivity contribution in [2.24, 2.45) is 0 Å². The van der Waals surface area contributed by atoms with Crippen molar-refractivity contribution >= 4 is 17.6 Å². The molecular formula is C19H20N2O6. The van der Waals surface area contributed by atoms with E-state index in [0.29, 0.717) is 5.75 Å². The molecule has 0 spiro atoms. The molecule has 1 N–H and O–H groups in total. The second-order valence-corrected chi connectivity index (χ2v) is 5.66. The molecule has 8 nitrogen and oxygen atoms in total. The molecule has 2 aromatic rings. The van der Waals surface area contributed by atoms with Gasteiger partial charge in [0.05, 0.1) is 23.6 Å². The number of ether oxygens (including phenoxy) is 2. The van der Waals surface area contributed by atoms with Crippen LogP contribution in [-0.2, 0) is 4.74 Å². The Hall–Kier alpha value is -3.42. The molecule has 8 heteroatoms. The van der Waals surface area contributed by atoms with Gasteiger partial charge < -0.3 is 14.8 Å². The third-order valence-corrected chi connectivity index (χ3v) is 3.58. The van der Waals surface area contributed by atoms with Gasteiger partial charge >= 0.3 is 5.97 Å². The Bertz CT molecular complexity index is 833. The number of nitro benzene ring substituents is 1. The number of nitrogens with one attached hydrogen (secondary N) is 1. The zero-order chi connectivity index (χ0) is 19.8. The van der Waals surface area contributed by atoms with Gasteiger partial charge in [0, 0.05) is 17.7 Å². The van der Waals surface area contributed by atoms with Gasteiger partial charge in [0.15, 0.2) is 0 Å². The summed E-state index contributed by atoms with van der Waals surface area (Å²) in [4.78, 5) is 34.5. The summed E-state index contributed by atoms with van der Waals surface area (Å²) < 4.78 is 10.3. The van der Waals surface area contributed by atoms with Gasteiger partial charge in [-0.25, -0.2) is 4.79 Å². The van der Waals surface area contributed by atoms with Gasteiger partial charge in [-0.3, -0.25) is 14.9 Å². The second kappa shape index (κ2) is 9.33. The van der Waals surface area contributed by atoms with Crippen LogP contribution in [0, 0.1) is 17.0 Å². The molecule has 0 unspecified atom stereocenters. The number of rotatable bonds is 8. The quantitative estimate of drug-likeness (QED) is 0.330. The van der Waals surface area contributed by atoms with E-state index in [1.54, 1.807) is 6.92 Å². The van der Waals surface area contributed by atoms with E-state index in [2.05, 4.69) is 5.32 Å². The van der Waals surface area contributed by atoms with E-state index in [4.69, 9.17) is 9.47 Å². The van der Waals surface area contributed by atoms with E-state index in [1.165, 1.54) is 6.07 Å². The highest BCUT2D eigenvalue weighted by Crippen LogP contribution is 2.18. The van der Waals surface area contributed by atoms with Crippen molar-refractivity contribution < 1.29 is 24.0 Å². The molecule has 0 aliphatic heterocycles. The van der Waals surface area contributed by atoms with Crippen molar-refractivity contribution in [1.29, 1.82) is 0 Å². The molecule has 1 amide bonds. The Morgan fingerprint density at radius 1 is 1.11 bits per heavy atom. The number of hydrogen-bond donors (Lipinski definition) is 1. The lowest BCUT2D eigenvalue weighted by Gasteiger charge is -2.09. The largest absolute Gasteiger partial charge is 0.492 e. The van der Waals surface area contributed by atoms with E-state index in [0.717, 1.165) is 17.7 Å². The maximum atomic E-state index is 12.3. The number of nitrogens with zero attached hydrogens (tertiary/aromatic N) is 1. The van der Waals surface area contributed by atoms with E-state index in [-0.39, 0.29) is 36.6 Å². The number of carbonyl (C=O) groups is 2. The van der Waals surface area contributed by atoms with E-state index in [9.17, 15) is 19.7 Å². The number of benzene rings is 2. The summed E-state index contributed by atoms with van der Waals surface area (Å²) in [5, 5.41) is 13.7. The van der Waals surface area contributed by atoms with Crippen LogP contribution in [0.25, 0.3) is 0 Å². The number of hydrogen-bond acceptors (Lipinski definition) is 6. The number of nitro groups is 1. The van der Waals surface area contributed by atoms with Crippen molar-refractivity contribution in [3.63, 3.8) is 0 Å². The number of carbonyl (C=O) groups excluding carboxylic acids is 2. The van der Waals surface area contributed by atoms with Gasteiger partial charge in [0.2, 0.25) is 0 Å². The van der Waals surface area contributed by atoms with Crippen LogP contribution in [0.4, 0.5) is 5.69 Å². The fourth-order valence-electron chi connectivity index (χ4n) is 2.25. The van der Waals surface area contributed by atoms with Crippen LogP contribution in [-0.4, -0.2) is 36.6 Å². The second-order valence-electron chi connectivity index (χ2n) is 5.66. The molecule has 0 atom stereocenters. The fourth-order valence-corrected chi connectivity index (χ4v) is 2.25. The number of esters is 1. The van der Waals surface area contributed by atoms with Crippen molar-refractivity contribution in [2.45, 2.75) is 13.8 Å². The van der Waals surface area contributed by atoms with Gasteiger partial charge in [-0.05, 0) is 32.0 Å². The maximum Gasteiger partial charge on any atom is 0.338 e. The summed E-state index contributed by atoms with van der Waals surface area (Å²) in [7, 11) is 0. The molecule has 0 radical (unpaired) electrons. The summed E-state index contributed by atoms with van der Waals surface area (Å²) in [6.45, 7) is 4.14. The van der Waals surface area contributed by atoms with Crippen LogP contribution in [0.3, 0.4) is 0 Å².